The standard InChI is InChI=1S/C14H26N2S2/c1-4-14(5-2)9-15-13(18-10-14)16-11-6-7-12(8-11)17-3/h11-12H,4-10H2,1-3H3,(H,15,16). The molecule has 2 rings (SSSR count). The third-order valence-electron chi connectivity index (χ3n) is 4.62. The summed E-state index contributed by atoms with van der Waals surface area (Å²) in [6.45, 7) is 5.63. The maximum Gasteiger partial charge on any atom is 0.156 e. The van der Waals surface area contributed by atoms with Crippen molar-refractivity contribution in [3.8, 4) is 0 Å². The molecule has 1 heterocycles. The average molecular weight is 287 g/mol. The first-order chi connectivity index (χ1) is 8.71. The molecule has 18 heavy (non-hydrogen) atoms. The van der Waals surface area contributed by atoms with Crippen LogP contribution < -0.4 is 5.32 Å². The van der Waals surface area contributed by atoms with Crippen molar-refractivity contribution in [2.75, 3.05) is 18.6 Å². The minimum Gasteiger partial charge on any atom is -0.362 e. The molecule has 2 atom stereocenters. The highest BCUT2D eigenvalue weighted by molar-refractivity contribution is 8.13. The number of nitrogens with one attached hydrogen (secondary N) is 1. The van der Waals surface area contributed by atoms with E-state index in [1.165, 1.54) is 43.0 Å². The van der Waals surface area contributed by atoms with E-state index in [0.29, 0.717) is 11.5 Å². The molecule has 2 unspecified atom stereocenters. The molecule has 0 aromatic heterocycles. The lowest BCUT2D eigenvalue weighted by atomic mass is 9.84. The lowest BCUT2D eigenvalue weighted by Crippen LogP contribution is -2.38. The van der Waals surface area contributed by atoms with Crippen molar-refractivity contribution in [2.24, 2.45) is 10.4 Å². The van der Waals surface area contributed by atoms with Gasteiger partial charge >= 0.3 is 0 Å². The zero-order valence-electron chi connectivity index (χ0n) is 11.9. The number of nitrogens with zero attached hydrogens (tertiary/aromatic N) is 1. The van der Waals surface area contributed by atoms with Gasteiger partial charge in [0.05, 0.1) is 0 Å². The molecular weight excluding hydrogens is 260 g/mol. The van der Waals surface area contributed by atoms with Crippen molar-refractivity contribution in [1.82, 2.24) is 5.32 Å². The fourth-order valence-electron chi connectivity index (χ4n) is 2.78. The Hall–Kier alpha value is 0.170. The van der Waals surface area contributed by atoms with Crippen LogP contribution in [0.3, 0.4) is 0 Å². The van der Waals surface area contributed by atoms with Crippen LogP contribution >= 0.6 is 23.5 Å². The van der Waals surface area contributed by atoms with E-state index in [4.69, 9.17) is 4.99 Å². The van der Waals surface area contributed by atoms with Gasteiger partial charge in [0.15, 0.2) is 5.17 Å². The number of aliphatic imine (C=N–C) groups is 1. The quantitative estimate of drug-likeness (QED) is 0.851. The largest absolute Gasteiger partial charge is 0.362 e. The summed E-state index contributed by atoms with van der Waals surface area (Å²) in [6.07, 6.45) is 8.74. The van der Waals surface area contributed by atoms with Crippen LogP contribution in [0.5, 0.6) is 0 Å². The molecule has 2 aliphatic rings. The Balaban J connectivity index is 1.84. The van der Waals surface area contributed by atoms with Crippen LogP contribution in [0.15, 0.2) is 4.99 Å². The Bertz CT molecular complexity index is 300. The minimum atomic E-state index is 0.466. The summed E-state index contributed by atoms with van der Waals surface area (Å²) in [6, 6.07) is 0.671. The van der Waals surface area contributed by atoms with E-state index >= 15 is 0 Å². The molecule has 0 aromatic rings. The molecule has 0 bridgehead atoms. The fourth-order valence-corrected chi connectivity index (χ4v) is 4.92. The lowest BCUT2D eigenvalue weighted by Gasteiger charge is -2.34. The van der Waals surface area contributed by atoms with Gasteiger partial charge in [-0.05, 0) is 43.8 Å². The highest BCUT2D eigenvalue weighted by atomic mass is 32.2. The number of thioether (sulfide) groups is 2. The number of rotatable bonds is 4. The molecule has 104 valence electrons. The smallest absolute Gasteiger partial charge is 0.156 e. The molecule has 1 saturated carbocycles. The van der Waals surface area contributed by atoms with Crippen molar-refractivity contribution in [1.29, 1.82) is 0 Å². The first kappa shape index (κ1) is 14.6. The van der Waals surface area contributed by atoms with Crippen LogP contribution in [-0.4, -0.2) is 35.0 Å². The van der Waals surface area contributed by atoms with Crippen LogP contribution in [0.4, 0.5) is 0 Å². The van der Waals surface area contributed by atoms with E-state index in [2.05, 4.69) is 25.4 Å². The molecule has 1 fully saturated rings. The zero-order valence-corrected chi connectivity index (χ0v) is 13.5. The molecule has 0 saturated heterocycles. The Morgan fingerprint density at radius 3 is 2.67 bits per heavy atom. The SMILES string of the molecule is CCC1(CC)CN=C(NC2CCC(SC)C2)SC1. The van der Waals surface area contributed by atoms with Crippen molar-refractivity contribution in [3.63, 3.8) is 0 Å². The molecule has 0 amide bonds. The molecule has 0 radical (unpaired) electrons. The van der Waals surface area contributed by atoms with Gasteiger partial charge in [-0.1, -0.05) is 25.6 Å². The van der Waals surface area contributed by atoms with Gasteiger partial charge in [0.25, 0.3) is 0 Å². The van der Waals surface area contributed by atoms with Gasteiger partial charge in [0.2, 0.25) is 0 Å². The van der Waals surface area contributed by atoms with Crippen LogP contribution in [-0.2, 0) is 0 Å². The Labute approximate surface area is 120 Å². The normalized spacial score (nSPS) is 31.2. The second-order valence-electron chi connectivity index (χ2n) is 5.63. The van der Waals surface area contributed by atoms with Gasteiger partial charge in [-0.3, -0.25) is 4.99 Å². The fraction of sp³-hybridized carbons (Fsp3) is 0.929. The maximum atomic E-state index is 4.80. The Morgan fingerprint density at radius 1 is 1.39 bits per heavy atom. The highest BCUT2D eigenvalue weighted by Crippen LogP contribution is 2.35. The Morgan fingerprint density at radius 2 is 2.17 bits per heavy atom. The summed E-state index contributed by atoms with van der Waals surface area (Å²) in [5, 5.41) is 5.74. The summed E-state index contributed by atoms with van der Waals surface area (Å²) in [7, 11) is 0. The second kappa shape index (κ2) is 6.56. The minimum absolute atomic E-state index is 0.466. The van der Waals surface area contributed by atoms with Crippen LogP contribution in [0.25, 0.3) is 0 Å². The van der Waals surface area contributed by atoms with Crippen LogP contribution in [0, 0.1) is 5.41 Å². The van der Waals surface area contributed by atoms with Gasteiger partial charge in [-0.15, -0.1) is 0 Å². The van der Waals surface area contributed by atoms with Crippen molar-refractivity contribution < 1.29 is 0 Å². The molecule has 0 aromatic carbocycles. The molecular formula is C14H26N2S2. The average Bonchev–Trinajstić information content (AvgIpc) is 2.88. The molecule has 1 aliphatic carbocycles. The molecule has 0 spiro atoms. The first-order valence-corrected chi connectivity index (χ1v) is 9.45. The second-order valence-corrected chi connectivity index (χ2v) is 7.73. The van der Waals surface area contributed by atoms with Gasteiger partial charge in [0.1, 0.15) is 0 Å². The lowest BCUT2D eigenvalue weighted by molar-refractivity contribution is 0.318. The monoisotopic (exact) mass is 286 g/mol. The van der Waals surface area contributed by atoms with Crippen LogP contribution in [0.2, 0.25) is 0 Å². The van der Waals surface area contributed by atoms with Crippen molar-refractivity contribution >= 4 is 28.7 Å². The van der Waals surface area contributed by atoms with E-state index in [1.807, 2.05) is 23.5 Å². The number of hydrogen-bond donors (Lipinski definition) is 1. The van der Waals surface area contributed by atoms with Crippen molar-refractivity contribution in [3.05, 3.63) is 0 Å². The predicted molar refractivity (Wildman–Crippen MR) is 85.9 cm³/mol. The number of hydrogen-bond acceptors (Lipinski definition) is 4. The molecule has 1 aliphatic heterocycles. The summed E-state index contributed by atoms with van der Waals surface area (Å²) in [5.41, 5.74) is 0.466. The van der Waals surface area contributed by atoms with E-state index in [-0.39, 0.29) is 0 Å². The van der Waals surface area contributed by atoms with E-state index in [0.717, 1.165) is 11.8 Å². The molecule has 4 heteroatoms. The summed E-state index contributed by atoms with van der Waals surface area (Å²) < 4.78 is 0. The predicted octanol–water partition coefficient (Wildman–Crippen LogP) is 3.77. The van der Waals surface area contributed by atoms with Crippen LogP contribution in [0.1, 0.15) is 46.0 Å². The topological polar surface area (TPSA) is 24.4 Å². The first-order valence-electron chi connectivity index (χ1n) is 7.18. The maximum absolute atomic E-state index is 4.80. The summed E-state index contributed by atoms with van der Waals surface area (Å²) >= 11 is 3.97. The van der Waals surface area contributed by atoms with Gasteiger partial charge < -0.3 is 5.32 Å². The van der Waals surface area contributed by atoms with Gasteiger partial charge in [-0.2, -0.15) is 11.8 Å². The highest BCUT2D eigenvalue weighted by Gasteiger charge is 2.31. The van der Waals surface area contributed by atoms with Gasteiger partial charge in [0, 0.05) is 23.6 Å². The van der Waals surface area contributed by atoms with E-state index < -0.39 is 0 Å². The third-order valence-corrected chi connectivity index (χ3v) is 6.99. The van der Waals surface area contributed by atoms with Gasteiger partial charge in [-0.25, -0.2) is 0 Å². The molecule has 1 N–H and O–H groups in total. The summed E-state index contributed by atoms with van der Waals surface area (Å²) in [5.74, 6) is 1.24. The van der Waals surface area contributed by atoms with Crippen molar-refractivity contribution in [2.45, 2.75) is 57.2 Å². The molecule has 2 nitrogen and oxygen atoms in total. The Kier molecular flexibility index (Phi) is 5.31. The van der Waals surface area contributed by atoms with E-state index in [1.54, 1.807) is 0 Å². The number of amidine groups is 1. The van der Waals surface area contributed by atoms with E-state index in [9.17, 15) is 0 Å². The summed E-state index contributed by atoms with van der Waals surface area (Å²) in [4.78, 5) is 4.80. The third kappa shape index (κ3) is 3.38. The zero-order chi connectivity index (χ0) is 13.0.